The topological polar surface area (TPSA) is 99.3 Å². The number of amides is 1. The number of hydrogen-bond donors (Lipinski definition) is 1. The first-order valence-corrected chi connectivity index (χ1v) is 10.3. The van der Waals surface area contributed by atoms with Crippen molar-refractivity contribution in [1.29, 1.82) is 0 Å². The van der Waals surface area contributed by atoms with Crippen LogP contribution >= 0.6 is 0 Å². The fraction of sp³-hybridized carbons (Fsp3) is 0.263. The highest BCUT2D eigenvalue weighted by atomic mass is 32.2. The van der Waals surface area contributed by atoms with Crippen molar-refractivity contribution in [1.82, 2.24) is 4.98 Å². The molecule has 1 amide bonds. The molecule has 0 saturated heterocycles. The highest BCUT2D eigenvalue weighted by molar-refractivity contribution is 7.94. The lowest BCUT2D eigenvalue weighted by Gasteiger charge is -2.16. The first-order chi connectivity index (χ1) is 12.8. The molecule has 2 aromatic rings. The van der Waals surface area contributed by atoms with Crippen molar-refractivity contribution in [2.45, 2.75) is 18.8 Å². The number of hydrogen-bond acceptors (Lipinski definition) is 5. The number of sulfone groups is 1. The number of allylic oxidation sites excluding steroid dienone is 1. The van der Waals surface area contributed by atoms with Crippen LogP contribution in [-0.2, 0) is 9.84 Å². The molecule has 1 aromatic heterocycles. The molecule has 1 aliphatic carbocycles. The summed E-state index contributed by atoms with van der Waals surface area (Å²) in [7, 11) is -3.96. The molecule has 6 nitrogen and oxygen atoms in total. The lowest BCUT2D eigenvalue weighted by molar-refractivity contribution is 0.0993. The second-order valence-electron chi connectivity index (χ2n) is 6.47. The molecule has 0 bridgehead atoms. The molecule has 27 heavy (non-hydrogen) atoms. The van der Waals surface area contributed by atoms with E-state index in [0.717, 1.165) is 25.2 Å². The SMILES string of the molecule is CS(=O)(=O)C(F)=CC(c1ccc(Oc2ccccc2)nc1C(N)=O)C1CC1. The number of para-hydroxylation sites is 1. The van der Waals surface area contributed by atoms with Gasteiger partial charge in [-0.25, -0.2) is 13.4 Å². The fourth-order valence-corrected chi connectivity index (χ4v) is 3.18. The zero-order chi connectivity index (χ0) is 19.6. The third-order valence-electron chi connectivity index (χ3n) is 4.25. The molecule has 1 atom stereocenters. The van der Waals surface area contributed by atoms with Gasteiger partial charge in [-0.2, -0.15) is 4.39 Å². The van der Waals surface area contributed by atoms with Crippen molar-refractivity contribution in [2.75, 3.05) is 6.26 Å². The minimum atomic E-state index is -3.96. The minimum Gasteiger partial charge on any atom is -0.439 e. The van der Waals surface area contributed by atoms with E-state index < -0.39 is 26.8 Å². The minimum absolute atomic E-state index is 0.0401. The van der Waals surface area contributed by atoms with E-state index in [1.807, 2.05) is 6.07 Å². The molecule has 1 unspecified atom stereocenters. The van der Waals surface area contributed by atoms with Crippen LogP contribution in [0, 0.1) is 5.92 Å². The van der Waals surface area contributed by atoms with Crippen molar-refractivity contribution >= 4 is 15.7 Å². The van der Waals surface area contributed by atoms with Gasteiger partial charge in [-0.15, -0.1) is 0 Å². The van der Waals surface area contributed by atoms with Crippen LogP contribution < -0.4 is 10.5 Å². The van der Waals surface area contributed by atoms with Gasteiger partial charge in [-0.05, 0) is 42.5 Å². The van der Waals surface area contributed by atoms with Gasteiger partial charge in [0.25, 0.3) is 5.91 Å². The van der Waals surface area contributed by atoms with Crippen LogP contribution in [0.15, 0.2) is 53.7 Å². The van der Waals surface area contributed by atoms with Crippen LogP contribution in [0.2, 0.25) is 0 Å². The molecule has 0 radical (unpaired) electrons. The van der Waals surface area contributed by atoms with E-state index in [-0.39, 0.29) is 17.5 Å². The average molecular weight is 390 g/mol. The predicted octanol–water partition coefficient (Wildman–Crippen LogP) is 3.32. The lowest BCUT2D eigenvalue weighted by atomic mass is 9.92. The van der Waals surface area contributed by atoms with E-state index in [2.05, 4.69) is 4.98 Å². The molecule has 0 aliphatic heterocycles. The molecule has 1 saturated carbocycles. The number of carbonyl (C=O) groups is 1. The van der Waals surface area contributed by atoms with E-state index in [1.54, 1.807) is 36.4 Å². The first-order valence-electron chi connectivity index (χ1n) is 8.36. The Morgan fingerprint density at radius 2 is 1.93 bits per heavy atom. The zero-order valence-electron chi connectivity index (χ0n) is 14.6. The Morgan fingerprint density at radius 1 is 1.26 bits per heavy atom. The smallest absolute Gasteiger partial charge is 0.267 e. The van der Waals surface area contributed by atoms with Crippen molar-refractivity contribution in [3.8, 4) is 11.6 Å². The van der Waals surface area contributed by atoms with Crippen molar-refractivity contribution in [3.05, 3.63) is 65.0 Å². The summed E-state index contributed by atoms with van der Waals surface area (Å²) in [5.41, 5.74) is 5.80. The van der Waals surface area contributed by atoms with Gasteiger partial charge in [0.1, 0.15) is 11.4 Å². The Morgan fingerprint density at radius 3 is 2.48 bits per heavy atom. The average Bonchev–Trinajstić information content (AvgIpc) is 3.44. The molecule has 8 heteroatoms. The Balaban J connectivity index is 1.99. The highest BCUT2D eigenvalue weighted by Crippen LogP contribution is 2.45. The quantitative estimate of drug-likeness (QED) is 0.782. The van der Waals surface area contributed by atoms with E-state index in [0.29, 0.717) is 11.3 Å². The largest absolute Gasteiger partial charge is 0.439 e. The van der Waals surface area contributed by atoms with Crippen LogP contribution in [0.4, 0.5) is 4.39 Å². The number of halogens is 1. The highest BCUT2D eigenvalue weighted by Gasteiger charge is 2.35. The first kappa shape index (κ1) is 19.0. The number of nitrogens with two attached hydrogens (primary N) is 1. The van der Waals surface area contributed by atoms with Crippen molar-refractivity contribution in [3.63, 3.8) is 0 Å². The maximum absolute atomic E-state index is 14.0. The van der Waals surface area contributed by atoms with Gasteiger partial charge in [0.15, 0.2) is 0 Å². The fourth-order valence-electron chi connectivity index (χ4n) is 2.78. The number of ether oxygens (including phenoxy) is 1. The molecule has 1 aliphatic rings. The van der Waals surface area contributed by atoms with Crippen LogP contribution in [0.3, 0.4) is 0 Å². The molecule has 2 N–H and O–H groups in total. The van der Waals surface area contributed by atoms with Crippen LogP contribution in [0.5, 0.6) is 11.6 Å². The predicted molar refractivity (Wildman–Crippen MR) is 98.8 cm³/mol. The summed E-state index contributed by atoms with van der Waals surface area (Å²) in [5, 5.41) is -1.22. The van der Waals surface area contributed by atoms with Gasteiger partial charge in [0.05, 0.1) is 0 Å². The molecule has 142 valence electrons. The molecule has 1 fully saturated rings. The van der Waals surface area contributed by atoms with E-state index in [4.69, 9.17) is 10.5 Å². The number of carbonyl (C=O) groups excluding carboxylic acids is 1. The molecular formula is C19H19FN2O4S. The molecule has 3 rings (SSSR count). The van der Waals surface area contributed by atoms with Crippen LogP contribution in [-0.4, -0.2) is 25.6 Å². The van der Waals surface area contributed by atoms with Crippen molar-refractivity contribution < 1.29 is 22.3 Å². The monoisotopic (exact) mass is 390 g/mol. The Hall–Kier alpha value is -2.74. The summed E-state index contributed by atoms with van der Waals surface area (Å²) in [6, 6.07) is 12.0. The van der Waals surface area contributed by atoms with Gasteiger partial charge in [-0.3, -0.25) is 4.79 Å². The maximum Gasteiger partial charge on any atom is 0.267 e. The number of pyridine rings is 1. The Bertz CT molecular complexity index is 986. The summed E-state index contributed by atoms with van der Waals surface area (Å²) in [5.74, 6) is -0.642. The normalized spacial score (nSPS) is 16.0. The molecule has 1 aromatic carbocycles. The number of aromatic nitrogens is 1. The van der Waals surface area contributed by atoms with Gasteiger partial charge >= 0.3 is 0 Å². The van der Waals surface area contributed by atoms with Gasteiger partial charge in [0.2, 0.25) is 20.9 Å². The third kappa shape index (κ3) is 4.71. The van der Waals surface area contributed by atoms with E-state index in [9.17, 15) is 17.6 Å². The summed E-state index contributed by atoms with van der Waals surface area (Å²) < 4.78 is 42.5. The van der Waals surface area contributed by atoms with Gasteiger partial charge < -0.3 is 10.5 Å². The number of primary amides is 1. The number of rotatable bonds is 7. The molecular weight excluding hydrogens is 371 g/mol. The second kappa shape index (κ2) is 7.48. The molecule has 0 spiro atoms. The summed E-state index contributed by atoms with van der Waals surface area (Å²) in [4.78, 5) is 16.1. The van der Waals surface area contributed by atoms with E-state index in [1.165, 1.54) is 0 Å². The number of nitrogens with zero attached hydrogens (tertiary/aromatic N) is 1. The zero-order valence-corrected chi connectivity index (χ0v) is 15.4. The maximum atomic E-state index is 14.0. The summed E-state index contributed by atoms with van der Waals surface area (Å²) in [6.45, 7) is 0. The summed E-state index contributed by atoms with van der Waals surface area (Å²) >= 11 is 0. The van der Waals surface area contributed by atoms with Gasteiger partial charge in [0, 0.05) is 18.2 Å². The molecule has 1 heterocycles. The lowest BCUT2D eigenvalue weighted by Crippen LogP contribution is -2.18. The summed E-state index contributed by atoms with van der Waals surface area (Å²) in [6.07, 6.45) is 3.44. The standard InChI is InChI=1S/C19H19FN2O4S/c1-27(24,25)16(20)11-15(12-7-8-12)14-9-10-17(22-18(14)19(21)23)26-13-5-3-2-4-6-13/h2-6,9-12,15H,7-8H2,1H3,(H2,21,23). The Kier molecular flexibility index (Phi) is 5.27. The van der Waals surface area contributed by atoms with E-state index >= 15 is 0 Å². The van der Waals surface area contributed by atoms with Crippen LogP contribution in [0.1, 0.15) is 34.8 Å². The van der Waals surface area contributed by atoms with Crippen molar-refractivity contribution in [2.24, 2.45) is 11.7 Å². The second-order valence-corrected chi connectivity index (χ2v) is 8.41. The van der Waals surface area contributed by atoms with Crippen LogP contribution in [0.25, 0.3) is 0 Å². The third-order valence-corrected chi connectivity index (χ3v) is 5.10. The number of benzene rings is 1. The van der Waals surface area contributed by atoms with Gasteiger partial charge in [-0.1, -0.05) is 24.3 Å². The Labute approximate surface area is 156 Å².